The predicted octanol–water partition coefficient (Wildman–Crippen LogP) is 7.90. The Kier molecular flexibility index (Phi) is 7.18. The van der Waals surface area contributed by atoms with Gasteiger partial charge in [-0.25, -0.2) is 4.79 Å². The second-order valence-corrected chi connectivity index (χ2v) is 9.69. The molecule has 178 valence electrons. The van der Waals surface area contributed by atoms with Gasteiger partial charge in [0.2, 0.25) is 0 Å². The Morgan fingerprint density at radius 3 is 2.41 bits per heavy atom. The lowest BCUT2D eigenvalue weighted by molar-refractivity contribution is 0.254. The van der Waals surface area contributed by atoms with E-state index in [1.807, 2.05) is 18.7 Å². The van der Waals surface area contributed by atoms with E-state index in [2.05, 4.69) is 67.7 Å². The molecular weight excluding hydrogens is 442 g/mol. The minimum Gasteiger partial charge on any atom is -0.398 e. The summed E-state index contributed by atoms with van der Waals surface area (Å²) in [5.74, 6) is 0.428. The number of urea groups is 1. The Morgan fingerprint density at radius 1 is 1.09 bits per heavy atom. The molecule has 1 aliphatic rings. The van der Waals surface area contributed by atoms with Crippen LogP contribution in [0.4, 0.5) is 21.9 Å². The third kappa shape index (κ3) is 4.52. The van der Waals surface area contributed by atoms with Gasteiger partial charge in [0.1, 0.15) is 0 Å². The van der Waals surface area contributed by atoms with Crippen LogP contribution in [-0.4, -0.2) is 6.03 Å². The van der Waals surface area contributed by atoms with Gasteiger partial charge in [0, 0.05) is 16.4 Å². The van der Waals surface area contributed by atoms with Crippen molar-refractivity contribution in [2.45, 2.75) is 65.3 Å². The standard InChI is InChI=1S/C29H34ClN3O/c1-5-22-25(30)17-26(31)23(6-2)28(22)32-29(34)33(21-14-11-19(12-15-21)18(3)4)27-16-13-20-9-7-8-10-24(20)27/h7-12,14-15,17-18,27H,5-6,13,16,31H2,1-4H3,(H,32,34). The zero-order chi connectivity index (χ0) is 24.4. The second-order valence-electron chi connectivity index (χ2n) is 9.29. The molecule has 3 aromatic rings. The Morgan fingerprint density at radius 2 is 1.76 bits per heavy atom. The smallest absolute Gasteiger partial charge is 0.326 e. The van der Waals surface area contributed by atoms with Crippen molar-refractivity contribution in [2.24, 2.45) is 0 Å². The fraction of sp³-hybridized carbons (Fsp3) is 0.345. The summed E-state index contributed by atoms with van der Waals surface area (Å²) in [6.07, 6.45) is 3.26. The molecule has 1 aliphatic carbocycles. The number of carbonyl (C=O) groups excluding carboxylic acids is 1. The molecule has 34 heavy (non-hydrogen) atoms. The molecular formula is C29H34ClN3O. The number of anilines is 3. The first-order chi connectivity index (χ1) is 16.3. The summed E-state index contributed by atoms with van der Waals surface area (Å²) >= 11 is 6.54. The number of nitrogens with one attached hydrogen (secondary N) is 1. The fourth-order valence-electron chi connectivity index (χ4n) is 5.06. The first-order valence-electron chi connectivity index (χ1n) is 12.2. The topological polar surface area (TPSA) is 58.4 Å². The number of halogens is 1. The van der Waals surface area contributed by atoms with Crippen LogP contribution in [0.2, 0.25) is 5.02 Å². The van der Waals surface area contributed by atoms with Gasteiger partial charge < -0.3 is 11.1 Å². The van der Waals surface area contributed by atoms with Gasteiger partial charge in [-0.05, 0) is 77.6 Å². The molecule has 0 saturated heterocycles. The van der Waals surface area contributed by atoms with Crippen molar-refractivity contribution in [3.05, 3.63) is 87.4 Å². The van der Waals surface area contributed by atoms with E-state index in [0.717, 1.165) is 35.3 Å². The van der Waals surface area contributed by atoms with Crippen LogP contribution in [-0.2, 0) is 19.3 Å². The molecule has 0 aliphatic heterocycles. The summed E-state index contributed by atoms with van der Waals surface area (Å²) in [5, 5.41) is 3.82. The Balaban J connectivity index is 1.78. The number of fused-ring (bicyclic) bond motifs is 1. The number of benzene rings is 3. The monoisotopic (exact) mass is 475 g/mol. The van der Waals surface area contributed by atoms with Crippen molar-refractivity contribution in [1.29, 1.82) is 0 Å². The number of amides is 2. The van der Waals surface area contributed by atoms with Gasteiger partial charge >= 0.3 is 6.03 Å². The van der Waals surface area contributed by atoms with Crippen molar-refractivity contribution in [2.75, 3.05) is 16.0 Å². The first-order valence-corrected chi connectivity index (χ1v) is 12.6. The van der Waals surface area contributed by atoms with Gasteiger partial charge in [0.15, 0.2) is 0 Å². The normalized spacial score (nSPS) is 14.8. The average molecular weight is 476 g/mol. The number of nitrogen functional groups attached to an aromatic ring is 1. The number of rotatable bonds is 6. The van der Waals surface area contributed by atoms with E-state index in [4.69, 9.17) is 17.3 Å². The lowest BCUT2D eigenvalue weighted by Gasteiger charge is -2.31. The van der Waals surface area contributed by atoms with Gasteiger partial charge in [0.05, 0.1) is 11.7 Å². The zero-order valence-corrected chi connectivity index (χ0v) is 21.2. The molecule has 3 N–H and O–H groups in total. The van der Waals surface area contributed by atoms with Crippen LogP contribution < -0.4 is 16.0 Å². The number of carbonyl (C=O) groups is 1. The summed E-state index contributed by atoms with van der Waals surface area (Å²) in [6.45, 7) is 8.44. The molecule has 0 saturated carbocycles. The molecule has 1 unspecified atom stereocenters. The lowest BCUT2D eigenvalue weighted by Crippen LogP contribution is -2.38. The highest BCUT2D eigenvalue weighted by Gasteiger charge is 2.33. The van der Waals surface area contributed by atoms with E-state index in [-0.39, 0.29) is 12.1 Å². The van der Waals surface area contributed by atoms with Gasteiger partial charge in [0.25, 0.3) is 0 Å². The Hall–Kier alpha value is -2.98. The maximum absolute atomic E-state index is 14.0. The van der Waals surface area contributed by atoms with E-state index < -0.39 is 0 Å². The van der Waals surface area contributed by atoms with Crippen LogP contribution in [0.3, 0.4) is 0 Å². The zero-order valence-electron chi connectivity index (χ0n) is 20.5. The van der Waals surface area contributed by atoms with Gasteiger partial charge in [-0.1, -0.05) is 75.7 Å². The largest absolute Gasteiger partial charge is 0.398 e. The molecule has 4 nitrogen and oxygen atoms in total. The van der Waals surface area contributed by atoms with Crippen LogP contribution in [0.5, 0.6) is 0 Å². The maximum atomic E-state index is 14.0. The third-order valence-corrected chi connectivity index (χ3v) is 7.27. The predicted molar refractivity (Wildman–Crippen MR) is 144 cm³/mol. The van der Waals surface area contributed by atoms with Crippen LogP contribution in [0, 0.1) is 0 Å². The Bertz CT molecular complexity index is 1160. The fourth-order valence-corrected chi connectivity index (χ4v) is 5.41. The van der Waals surface area contributed by atoms with Crippen molar-refractivity contribution < 1.29 is 4.79 Å². The number of nitrogens with two attached hydrogens (primary N) is 1. The maximum Gasteiger partial charge on any atom is 0.326 e. The SMILES string of the molecule is CCc1c(N)cc(Cl)c(CC)c1NC(=O)N(c1ccc(C(C)C)cc1)C1CCc2ccccc21. The van der Waals surface area contributed by atoms with Gasteiger partial charge in [-0.3, -0.25) is 4.90 Å². The van der Waals surface area contributed by atoms with Crippen molar-refractivity contribution >= 4 is 34.7 Å². The molecule has 5 heteroatoms. The first kappa shape index (κ1) is 24.2. The minimum absolute atomic E-state index is 0.0345. The minimum atomic E-state index is -0.162. The quantitative estimate of drug-likeness (QED) is 0.356. The van der Waals surface area contributed by atoms with Crippen molar-refractivity contribution in [3.8, 4) is 0 Å². The second kappa shape index (κ2) is 10.1. The van der Waals surface area contributed by atoms with Crippen LogP contribution in [0.1, 0.15) is 73.9 Å². The highest BCUT2D eigenvalue weighted by atomic mass is 35.5. The molecule has 1 atom stereocenters. The highest BCUT2D eigenvalue weighted by molar-refractivity contribution is 6.32. The number of hydrogen-bond acceptors (Lipinski definition) is 2. The average Bonchev–Trinajstić information content (AvgIpc) is 3.23. The van der Waals surface area contributed by atoms with Gasteiger partial charge in [-0.15, -0.1) is 0 Å². The van der Waals surface area contributed by atoms with E-state index in [0.29, 0.717) is 29.5 Å². The Labute approximate surface area is 208 Å². The van der Waals surface area contributed by atoms with Crippen LogP contribution in [0.15, 0.2) is 54.6 Å². The van der Waals surface area contributed by atoms with E-state index in [9.17, 15) is 4.79 Å². The highest BCUT2D eigenvalue weighted by Crippen LogP contribution is 2.40. The molecule has 0 fully saturated rings. The number of nitrogens with zero attached hydrogens (tertiary/aromatic N) is 1. The van der Waals surface area contributed by atoms with Gasteiger partial charge in [-0.2, -0.15) is 0 Å². The summed E-state index contributed by atoms with van der Waals surface area (Å²) in [7, 11) is 0. The summed E-state index contributed by atoms with van der Waals surface area (Å²) in [4.78, 5) is 15.9. The molecule has 0 heterocycles. The van der Waals surface area contributed by atoms with Crippen molar-refractivity contribution in [1.82, 2.24) is 0 Å². The summed E-state index contributed by atoms with van der Waals surface area (Å²) in [5.41, 5.74) is 14.2. The van der Waals surface area contributed by atoms with E-state index in [1.165, 1.54) is 16.7 Å². The van der Waals surface area contributed by atoms with E-state index >= 15 is 0 Å². The third-order valence-electron chi connectivity index (χ3n) is 6.93. The molecule has 0 aromatic heterocycles. The number of hydrogen-bond donors (Lipinski definition) is 2. The number of aryl methyl sites for hydroxylation is 1. The summed E-state index contributed by atoms with van der Waals surface area (Å²) in [6, 6.07) is 18.4. The van der Waals surface area contributed by atoms with E-state index in [1.54, 1.807) is 6.07 Å². The van der Waals surface area contributed by atoms with Crippen LogP contribution in [0.25, 0.3) is 0 Å². The molecule has 4 rings (SSSR count). The molecule has 0 radical (unpaired) electrons. The molecule has 3 aromatic carbocycles. The van der Waals surface area contributed by atoms with Crippen LogP contribution >= 0.6 is 11.6 Å². The van der Waals surface area contributed by atoms with Crippen molar-refractivity contribution in [3.63, 3.8) is 0 Å². The molecule has 0 spiro atoms. The lowest BCUT2D eigenvalue weighted by atomic mass is 10.0. The summed E-state index contributed by atoms with van der Waals surface area (Å²) < 4.78 is 0. The molecule has 2 amide bonds. The molecule has 0 bridgehead atoms.